The van der Waals surface area contributed by atoms with Gasteiger partial charge in [-0.1, -0.05) is 13.8 Å². The molecule has 18 heavy (non-hydrogen) atoms. The maximum atomic E-state index is 5.56. The molecule has 0 bridgehead atoms. The van der Waals surface area contributed by atoms with Crippen molar-refractivity contribution < 1.29 is 4.42 Å². The van der Waals surface area contributed by atoms with Gasteiger partial charge < -0.3 is 9.73 Å². The fourth-order valence-corrected chi connectivity index (χ4v) is 2.04. The van der Waals surface area contributed by atoms with Crippen LogP contribution in [0.15, 0.2) is 29.0 Å². The second-order valence-corrected chi connectivity index (χ2v) is 4.37. The first-order chi connectivity index (χ1) is 8.86. The first-order valence-electron chi connectivity index (χ1n) is 6.66. The minimum Gasteiger partial charge on any atom is -0.467 e. The third-order valence-corrected chi connectivity index (χ3v) is 2.89. The molecule has 0 spiro atoms. The average molecular weight is 247 g/mol. The molecule has 0 saturated carbocycles. The van der Waals surface area contributed by atoms with Gasteiger partial charge in [0.25, 0.3) is 0 Å². The summed E-state index contributed by atoms with van der Waals surface area (Å²) in [6.45, 7) is 7.04. The third-order valence-electron chi connectivity index (χ3n) is 2.89. The first-order valence-corrected chi connectivity index (χ1v) is 6.66. The lowest BCUT2D eigenvalue weighted by atomic mass is 10.2. The van der Waals surface area contributed by atoms with E-state index < -0.39 is 0 Å². The lowest BCUT2D eigenvalue weighted by Crippen LogP contribution is -2.14. The van der Waals surface area contributed by atoms with Crippen LogP contribution in [0.4, 0.5) is 0 Å². The van der Waals surface area contributed by atoms with E-state index in [2.05, 4.69) is 24.3 Å². The number of hydrogen-bond donors (Lipinski definition) is 1. The molecule has 98 valence electrons. The lowest BCUT2D eigenvalue weighted by molar-refractivity contribution is 0.483. The van der Waals surface area contributed by atoms with Crippen LogP contribution in [-0.2, 0) is 13.1 Å². The smallest absolute Gasteiger partial charge is 0.126 e. The number of nitrogens with zero attached hydrogens (tertiary/aromatic N) is 2. The van der Waals surface area contributed by atoms with E-state index in [1.165, 1.54) is 0 Å². The van der Waals surface area contributed by atoms with E-state index in [4.69, 9.17) is 4.42 Å². The van der Waals surface area contributed by atoms with E-state index in [0.29, 0.717) is 0 Å². The van der Waals surface area contributed by atoms with E-state index >= 15 is 0 Å². The molecular weight excluding hydrogens is 226 g/mol. The van der Waals surface area contributed by atoms with Crippen molar-refractivity contribution in [2.24, 2.45) is 0 Å². The molecule has 0 radical (unpaired) electrons. The Morgan fingerprint density at radius 1 is 1.28 bits per heavy atom. The van der Waals surface area contributed by atoms with Gasteiger partial charge in [-0.05, 0) is 31.5 Å². The molecule has 4 nitrogen and oxygen atoms in total. The highest BCUT2D eigenvalue weighted by molar-refractivity contribution is 5.61. The number of rotatable bonds is 7. The zero-order chi connectivity index (χ0) is 12.8. The maximum Gasteiger partial charge on any atom is 0.126 e. The Morgan fingerprint density at radius 2 is 2.17 bits per heavy atom. The summed E-state index contributed by atoms with van der Waals surface area (Å²) in [5, 5.41) is 7.72. The summed E-state index contributed by atoms with van der Waals surface area (Å²) in [7, 11) is 0. The van der Waals surface area contributed by atoms with Crippen molar-refractivity contribution in [2.45, 2.75) is 39.8 Å². The van der Waals surface area contributed by atoms with Gasteiger partial charge in [-0.3, -0.25) is 4.68 Å². The molecule has 0 amide bonds. The van der Waals surface area contributed by atoms with Gasteiger partial charge in [0.2, 0.25) is 0 Å². The Balaban J connectivity index is 2.17. The second kappa shape index (κ2) is 6.40. The summed E-state index contributed by atoms with van der Waals surface area (Å²) in [6, 6.07) is 4.07. The molecule has 0 aliphatic carbocycles. The molecule has 0 saturated heterocycles. The van der Waals surface area contributed by atoms with Gasteiger partial charge in [-0.15, -0.1) is 0 Å². The number of aryl methyl sites for hydroxylation is 1. The van der Waals surface area contributed by atoms with Gasteiger partial charge in [-0.2, -0.15) is 5.10 Å². The van der Waals surface area contributed by atoms with Crippen LogP contribution in [0.2, 0.25) is 0 Å². The van der Waals surface area contributed by atoms with Crippen molar-refractivity contribution in [1.82, 2.24) is 15.1 Å². The second-order valence-electron chi connectivity index (χ2n) is 4.37. The minimum absolute atomic E-state index is 0.771. The van der Waals surface area contributed by atoms with Crippen LogP contribution in [0.5, 0.6) is 0 Å². The Labute approximate surface area is 108 Å². The normalized spacial score (nSPS) is 11.0. The van der Waals surface area contributed by atoms with Gasteiger partial charge in [0.05, 0.1) is 18.5 Å². The number of aromatic nitrogens is 2. The highest BCUT2D eigenvalue weighted by atomic mass is 16.3. The molecule has 2 aromatic rings. The van der Waals surface area contributed by atoms with E-state index in [0.717, 1.165) is 49.5 Å². The predicted molar refractivity (Wildman–Crippen MR) is 72.2 cm³/mol. The molecule has 4 heteroatoms. The highest BCUT2D eigenvalue weighted by Crippen LogP contribution is 2.24. The van der Waals surface area contributed by atoms with Crippen molar-refractivity contribution in [2.75, 3.05) is 6.54 Å². The maximum absolute atomic E-state index is 5.56. The number of furan rings is 1. The van der Waals surface area contributed by atoms with Crippen LogP contribution in [0.25, 0.3) is 11.3 Å². The number of nitrogens with one attached hydrogen (secondary N) is 1. The van der Waals surface area contributed by atoms with Crippen LogP contribution in [0.1, 0.15) is 32.4 Å². The van der Waals surface area contributed by atoms with E-state index in [-0.39, 0.29) is 0 Å². The van der Waals surface area contributed by atoms with Crippen molar-refractivity contribution in [3.05, 3.63) is 30.4 Å². The first kappa shape index (κ1) is 12.9. The zero-order valence-corrected chi connectivity index (χ0v) is 11.1. The van der Waals surface area contributed by atoms with E-state index in [9.17, 15) is 0 Å². The topological polar surface area (TPSA) is 43.0 Å². The van der Waals surface area contributed by atoms with Gasteiger partial charge in [-0.25, -0.2) is 0 Å². The van der Waals surface area contributed by atoms with E-state index in [1.54, 1.807) is 6.26 Å². The summed E-state index contributed by atoms with van der Waals surface area (Å²) in [5.41, 5.74) is 2.28. The summed E-state index contributed by atoms with van der Waals surface area (Å²) in [5.74, 6) is 0.987. The molecule has 0 aromatic carbocycles. The SMILES string of the molecule is CCCNCc1occc1-c1ccnn1CCC. The Hall–Kier alpha value is -1.55. The molecule has 0 aliphatic rings. The van der Waals surface area contributed by atoms with Crippen molar-refractivity contribution >= 4 is 0 Å². The standard InChI is InChI=1S/C14H21N3O/c1-3-7-15-11-14-12(6-10-18-14)13-5-8-16-17(13)9-4-2/h5-6,8,10,15H,3-4,7,9,11H2,1-2H3. The molecule has 2 rings (SSSR count). The Kier molecular flexibility index (Phi) is 4.59. The van der Waals surface area contributed by atoms with Gasteiger partial charge >= 0.3 is 0 Å². The predicted octanol–water partition coefficient (Wildman–Crippen LogP) is 3.05. The largest absolute Gasteiger partial charge is 0.467 e. The fraction of sp³-hybridized carbons (Fsp3) is 0.500. The molecule has 0 fully saturated rings. The minimum atomic E-state index is 0.771. The zero-order valence-electron chi connectivity index (χ0n) is 11.1. The van der Waals surface area contributed by atoms with Crippen molar-refractivity contribution in [3.8, 4) is 11.3 Å². The Bertz CT molecular complexity index is 473. The lowest BCUT2D eigenvalue weighted by Gasteiger charge is -2.07. The summed E-state index contributed by atoms with van der Waals surface area (Å²) >= 11 is 0. The van der Waals surface area contributed by atoms with Crippen molar-refractivity contribution in [1.29, 1.82) is 0 Å². The van der Waals surface area contributed by atoms with E-state index in [1.807, 2.05) is 23.0 Å². The average Bonchev–Trinajstić information content (AvgIpc) is 2.98. The summed E-state index contributed by atoms with van der Waals surface area (Å²) < 4.78 is 7.60. The number of hydrogen-bond acceptors (Lipinski definition) is 3. The van der Waals surface area contributed by atoms with Crippen LogP contribution in [0.3, 0.4) is 0 Å². The molecular formula is C14H21N3O. The summed E-state index contributed by atoms with van der Waals surface area (Å²) in [6.07, 6.45) is 5.81. The van der Waals surface area contributed by atoms with Crippen LogP contribution in [-0.4, -0.2) is 16.3 Å². The van der Waals surface area contributed by atoms with Crippen molar-refractivity contribution in [3.63, 3.8) is 0 Å². The highest BCUT2D eigenvalue weighted by Gasteiger charge is 2.12. The molecule has 0 atom stereocenters. The molecule has 1 N–H and O–H groups in total. The van der Waals surface area contributed by atoms with Crippen LogP contribution in [0, 0.1) is 0 Å². The molecule has 0 aliphatic heterocycles. The monoisotopic (exact) mass is 247 g/mol. The van der Waals surface area contributed by atoms with Gasteiger partial charge in [0, 0.05) is 18.3 Å². The van der Waals surface area contributed by atoms with Gasteiger partial charge in [0.15, 0.2) is 0 Å². The quantitative estimate of drug-likeness (QED) is 0.765. The Morgan fingerprint density at radius 3 is 2.94 bits per heavy atom. The third kappa shape index (κ3) is 2.82. The molecule has 0 unspecified atom stereocenters. The van der Waals surface area contributed by atoms with Crippen LogP contribution >= 0.6 is 0 Å². The fourth-order valence-electron chi connectivity index (χ4n) is 2.04. The molecule has 2 heterocycles. The van der Waals surface area contributed by atoms with Crippen LogP contribution < -0.4 is 5.32 Å². The summed E-state index contributed by atoms with van der Waals surface area (Å²) in [4.78, 5) is 0. The molecule has 2 aromatic heterocycles. The van der Waals surface area contributed by atoms with Gasteiger partial charge in [0.1, 0.15) is 5.76 Å².